The molecule has 1 aromatic heterocycles. The summed E-state index contributed by atoms with van der Waals surface area (Å²) < 4.78 is 10.9. The normalized spacial score (nSPS) is 20.1. The lowest BCUT2D eigenvalue weighted by Gasteiger charge is -2.16. The number of benzene rings is 2. The lowest BCUT2D eigenvalue weighted by atomic mass is 9.89. The molecule has 1 aliphatic rings. The van der Waals surface area contributed by atoms with Crippen LogP contribution in [0, 0.1) is 5.92 Å². The molecule has 2 aromatic carbocycles. The second-order valence-corrected chi connectivity index (χ2v) is 7.08. The van der Waals surface area contributed by atoms with Crippen LogP contribution < -0.4 is 10.5 Å². The third-order valence-corrected chi connectivity index (χ3v) is 5.32. The molecule has 0 unspecified atom stereocenters. The van der Waals surface area contributed by atoms with Crippen molar-refractivity contribution < 1.29 is 9.15 Å². The number of hydrogen-bond acceptors (Lipinski definition) is 5. The second kappa shape index (κ2) is 7.94. The highest BCUT2D eigenvalue weighted by Crippen LogP contribution is 2.33. The summed E-state index contributed by atoms with van der Waals surface area (Å²) in [7, 11) is 1.66. The highest BCUT2D eigenvalue weighted by atomic mass is 16.5. The Hall–Kier alpha value is -2.63. The Balaban J connectivity index is 1.44. The molecular formula is C22H25N3O2. The number of likely N-dealkylation sites (tertiary alicyclic amines) is 1. The van der Waals surface area contributed by atoms with Crippen LogP contribution in [0.15, 0.2) is 65.3 Å². The van der Waals surface area contributed by atoms with Gasteiger partial charge in [0.25, 0.3) is 0 Å². The summed E-state index contributed by atoms with van der Waals surface area (Å²) >= 11 is 0. The average Bonchev–Trinajstić information content (AvgIpc) is 3.36. The number of nitrogens with zero attached hydrogens (tertiary/aromatic N) is 2. The number of ether oxygens (including phenoxy) is 1. The SMILES string of the molecule is COc1ccc(-c2nc(CN3C[C@@H](CN)[C@H](c4ccccc4)C3)co2)cc1. The molecule has 2 N–H and O–H groups in total. The van der Waals surface area contributed by atoms with Gasteiger partial charge in [0.15, 0.2) is 0 Å². The first kappa shape index (κ1) is 17.8. The maximum atomic E-state index is 6.05. The summed E-state index contributed by atoms with van der Waals surface area (Å²) in [5.74, 6) is 2.41. The topological polar surface area (TPSA) is 64.5 Å². The Morgan fingerprint density at radius 1 is 1.11 bits per heavy atom. The number of aromatic nitrogens is 1. The Morgan fingerprint density at radius 3 is 2.59 bits per heavy atom. The van der Waals surface area contributed by atoms with Gasteiger partial charge in [-0.1, -0.05) is 30.3 Å². The van der Waals surface area contributed by atoms with Crippen LogP contribution in [-0.4, -0.2) is 36.6 Å². The summed E-state index contributed by atoms with van der Waals surface area (Å²) in [6, 6.07) is 18.4. The number of hydrogen-bond donors (Lipinski definition) is 1. The molecule has 0 bridgehead atoms. The standard InChI is InChI=1S/C22H25N3O2/c1-26-20-9-7-17(8-10-20)22-24-19(15-27-22)13-25-12-18(11-23)21(14-25)16-5-3-2-4-6-16/h2-10,15,18,21H,11-14,23H2,1H3/t18-,21+/m1/s1. The highest BCUT2D eigenvalue weighted by Gasteiger charge is 2.33. The van der Waals surface area contributed by atoms with Gasteiger partial charge in [0, 0.05) is 31.1 Å². The van der Waals surface area contributed by atoms with Crippen molar-refractivity contribution in [1.29, 1.82) is 0 Å². The number of nitrogens with two attached hydrogens (primary N) is 1. The summed E-state index contributed by atoms with van der Waals surface area (Å²) in [5.41, 5.74) is 9.32. The smallest absolute Gasteiger partial charge is 0.226 e. The number of methoxy groups -OCH3 is 1. The second-order valence-electron chi connectivity index (χ2n) is 7.08. The lowest BCUT2D eigenvalue weighted by Crippen LogP contribution is -2.23. The van der Waals surface area contributed by atoms with Crippen molar-refractivity contribution in [1.82, 2.24) is 9.88 Å². The van der Waals surface area contributed by atoms with Crippen LogP contribution in [-0.2, 0) is 6.54 Å². The van der Waals surface area contributed by atoms with Crippen LogP contribution >= 0.6 is 0 Å². The molecule has 0 aliphatic carbocycles. The molecule has 1 aliphatic heterocycles. The van der Waals surface area contributed by atoms with Crippen LogP contribution in [0.3, 0.4) is 0 Å². The van der Waals surface area contributed by atoms with Gasteiger partial charge >= 0.3 is 0 Å². The van der Waals surface area contributed by atoms with E-state index in [0.29, 0.717) is 24.3 Å². The number of oxazole rings is 1. The molecular weight excluding hydrogens is 338 g/mol. The maximum Gasteiger partial charge on any atom is 0.226 e. The fourth-order valence-electron chi connectivity index (χ4n) is 3.88. The van der Waals surface area contributed by atoms with Gasteiger partial charge in [-0.25, -0.2) is 4.98 Å². The zero-order valence-corrected chi connectivity index (χ0v) is 15.5. The van der Waals surface area contributed by atoms with E-state index in [1.807, 2.05) is 24.3 Å². The van der Waals surface area contributed by atoms with Crippen molar-refractivity contribution in [2.45, 2.75) is 12.5 Å². The van der Waals surface area contributed by atoms with Gasteiger partial charge in [-0.3, -0.25) is 4.90 Å². The molecule has 2 atom stereocenters. The van der Waals surface area contributed by atoms with Gasteiger partial charge in [-0.05, 0) is 42.3 Å². The van der Waals surface area contributed by atoms with Crippen LogP contribution in [0.25, 0.3) is 11.5 Å². The van der Waals surface area contributed by atoms with Crippen molar-refractivity contribution in [2.75, 3.05) is 26.7 Å². The maximum absolute atomic E-state index is 6.05. The first-order chi connectivity index (χ1) is 13.3. The van der Waals surface area contributed by atoms with Gasteiger partial charge in [0.2, 0.25) is 5.89 Å². The van der Waals surface area contributed by atoms with Gasteiger partial charge in [-0.15, -0.1) is 0 Å². The Labute approximate surface area is 159 Å². The van der Waals surface area contributed by atoms with Gasteiger partial charge in [0.1, 0.15) is 12.0 Å². The van der Waals surface area contributed by atoms with Crippen LogP contribution in [0.5, 0.6) is 5.75 Å². The first-order valence-electron chi connectivity index (χ1n) is 9.33. The van der Waals surface area contributed by atoms with Crippen molar-refractivity contribution >= 4 is 0 Å². The van der Waals surface area contributed by atoms with E-state index in [9.17, 15) is 0 Å². The minimum absolute atomic E-state index is 0.473. The fourth-order valence-corrected chi connectivity index (χ4v) is 3.88. The van der Waals surface area contributed by atoms with E-state index in [0.717, 1.165) is 36.6 Å². The van der Waals surface area contributed by atoms with Crippen molar-refractivity contribution in [2.24, 2.45) is 11.7 Å². The lowest BCUT2D eigenvalue weighted by molar-refractivity contribution is 0.312. The van der Waals surface area contributed by atoms with E-state index in [2.05, 4.69) is 40.2 Å². The molecule has 3 aromatic rings. The predicted octanol–water partition coefficient (Wildman–Crippen LogP) is 3.52. The summed E-state index contributed by atoms with van der Waals surface area (Å²) in [4.78, 5) is 7.09. The molecule has 5 heteroatoms. The zero-order valence-electron chi connectivity index (χ0n) is 15.5. The molecule has 4 rings (SSSR count). The van der Waals surface area contributed by atoms with E-state index in [1.165, 1.54) is 5.56 Å². The van der Waals surface area contributed by atoms with Crippen molar-refractivity contribution in [3.63, 3.8) is 0 Å². The Kier molecular flexibility index (Phi) is 5.23. The van der Waals surface area contributed by atoms with E-state index < -0.39 is 0 Å². The zero-order chi connectivity index (χ0) is 18.6. The molecule has 5 nitrogen and oxygen atoms in total. The largest absolute Gasteiger partial charge is 0.497 e. The van der Waals surface area contributed by atoms with Gasteiger partial charge < -0.3 is 14.9 Å². The monoisotopic (exact) mass is 363 g/mol. The molecule has 0 amide bonds. The van der Waals surface area contributed by atoms with Crippen LogP contribution in [0.1, 0.15) is 17.2 Å². The van der Waals surface area contributed by atoms with E-state index in [4.69, 9.17) is 14.9 Å². The third-order valence-electron chi connectivity index (χ3n) is 5.32. The molecule has 1 fully saturated rings. The number of rotatable bonds is 6. The molecule has 0 saturated carbocycles. The Bertz CT molecular complexity index is 861. The summed E-state index contributed by atoms with van der Waals surface area (Å²) in [6.45, 7) is 3.46. The molecule has 0 radical (unpaired) electrons. The molecule has 1 saturated heterocycles. The first-order valence-corrected chi connectivity index (χ1v) is 9.33. The molecule has 0 spiro atoms. The molecule has 27 heavy (non-hydrogen) atoms. The van der Waals surface area contributed by atoms with Gasteiger partial charge in [0.05, 0.1) is 12.8 Å². The van der Waals surface area contributed by atoms with Gasteiger partial charge in [-0.2, -0.15) is 0 Å². The summed E-state index contributed by atoms with van der Waals surface area (Å²) in [6.07, 6.45) is 1.76. The highest BCUT2D eigenvalue weighted by molar-refractivity contribution is 5.54. The molecule has 2 heterocycles. The van der Waals surface area contributed by atoms with E-state index in [1.54, 1.807) is 13.4 Å². The minimum atomic E-state index is 0.473. The van der Waals surface area contributed by atoms with Crippen LogP contribution in [0.4, 0.5) is 0 Å². The fraction of sp³-hybridized carbons (Fsp3) is 0.318. The quantitative estimate of drug-likeness (QED) is 0.726. The Morgan fingerprint density at radius 2 is 1.89 bits per heavy atom. The van der Waals surface area contributed by atoms with E-state index in [-0.39, 0.29) is 0 Å². The average molecular weight is 363 g/mol. The minimum Gasteiger partial charge on any atom is -0.497 e. The van der Waals surface area contributed by atoms with Crippen molar-refractivity contribution in [3.8, 4) is 17.2 Å². The predicted molar refractivity (Wildman–Crippen MR) is 105 cm³/mol. The third kappa shape index (κ3) is 3.89. The van der Waals surface area contributed by atoms with Crippen molar-refractivity contribution in [3.05, 3.63) is 72.1 Å². The van der Waals surface area contributed by atoms with E-state index >= 15 is 0 Å². The summed E-state index contributed by atoms with van der Waals surface area (Å²) in [5, 5.41) is 0. The van der Waals surface area contributed by atoms with Crippen LogP contribution in [0.2, 0.25) is 0 Å². The molecule has 140 valence electrons.